The summed E-state index contributed by atoms with van der Waals surface area (Å²) in [6, 6.07) is 6.14. The zero-order chi connectivity index (χ0) is 14.7. The van der Waals surface area contributed by atoms with Crippen molar-refractivity contribution in [3.8, 4) is 11.5 Å². The Morgan fingerprint density at radius 1 is 1.10 bits per heavy atom. The molecule has 0 spiro atoms. The third kappa shape index (κ3) is 2.83. The fraction of sp³-hybridized carbons (Fsp3) is 0. The highest BCUT2D eigenvalue weighted by Gasteiger charge is 2.13. The van der Waals surface area contributed by atoms with E-state index < -0.39 is 11.9 Å². The number of aromatic hydroxyl groups is 2. The van der Waals surface area contributed by atoms with Crippen molar-refractivity contribution in [2.75, 3.05) is 5.32 Å². The average Bonchev–Trinajstić information content (AvgIpc) is 2.42. The van der Waals surface area contributed by atoms with Gasteiger partial charge in [-0.25, -0.2) is 9.78 Å². The Hall–Kier alpha value is -3.09. The number of pyridine rings is 1. The number of anilines is 1. The first-order valence-corrected chi connectivity index (χ1v) is 5.50. The zero-order valence-corrected chi connectivity index (χ0v) is 10.1. The number of amides is 1. The predicted molar refractivity (Wildman–Crippen MR) is 68.9 cm³/mol. The zero-order valence-electron chi connectivity index (χ0n) is 10.1. The van der Waals surface area contributed by atoms with Gasteiger partial charge in [0.15, 0.2) is 0 Å². The number of phenols is 2. The summed E-state index contributed by atoms with van der Waals surface area (Å²) in [5.41, 5.74) is -0.127. The molecule has 0 saturated heterocycles. The molecule has 0 aliphatic heterocycles. The van der Waals surface area contributed by atoms with Crippen LogP contribution in [0.3, 0.4) is 0 Å². The molecule has 1 heterocycles. The Kier molecular flexibility index (Phi) is 3.52. The van der Waals surface area contributed by atoms with E-state index in [9.17, 15) is 19.8 Å². The summed E-state index contributed by atoms with van der Waals surface area (Å²) < 4.78 is 0. The number of hydrogen-bond donors (Lipinski definition) is 4. The van der Waals surface area contributed by atoms with Gasteiger partial charge in [0.2, 0.25) is 0 Å². The number of aromatic carboxylic acids is 1. The number of rotatable bonds is 3. The van der Waals surface area contributed by atoms with Gasteiger partial charge >= 0.3 is 5.97 Å². The molecule has 0 bridgehead atoms. The SMILES string of the molecule is O=C(O)c1ccc(NC(=O)c2cc(O)ccc2O)nc1. The number of aromatic nitrogens is 1. The first-order chi connectivity index (χ1) is 9.47. The second-order valence-electron chi connectivity index (χ2n) is 3.89. The van der Waals surface area contributed by atoms with E-state index in [1.54, 1.807) is 0 Å². The van der Waals surface area contributed by atoms with Gasteiger partial charge < -0.3 is 20.6 Å². The summed E-state index contributed by atoms with van der Waals surface area (Å²) in [6.45, 7) is 0. The Morgan fingerprint density at radius 3 is 2.45 bits per heavy atom. The molecular weight excluding hydrogens is 264 g/mol. The summed E-state index contributed by atoms with van der Waals surface area (Å²) in [4.78, 5) is 26.3. The van der Waals surface area contributed by atoms with E-state index in [1.807, 2.05) is 0 Å². The quantitative estimate of drug-likeness (QED) is 0.629. The number of hydrogen-bond acceptors (Lipinski definition) is 5. The van der Waals surface area contributed by atoms with Crippen molar-refractivity contribution in [2.45, 2.75) is 0 Å². The Morgan fingerprint density at radius 2 is 1.85 bits per heavy atom. The van der Waals surface area contributed by atoms with E-state index in [1.165, 1.54) is 24.3 Å². The molecular formula is C13H10N2O5. The van der Waals surface area contributed by atoms with Crippen molar-refractivity contribution >= 4 is 17.7 Å². The normalized spacial score (nSPS) is 10.0. The highest BCUT2D eigenvalue weighted by Crippen LogP contribution is 2.22. The van der Waals surface area contributed by atoms with Crippen LogP contribution >= 0.6 is 0 Å². The van der Waals surface area contributed by atoms with Gasteiger partial charge in [-0.3, -0.25) is 4.79 Å². The fourth-order valence-corrected chi connectivity index (χ4v) is 1.48. The topological polar surface area (TPSA) is 120 Å². The van der Waals surface area contributed by atoms with Crippen LogP contribution in [0, 0.1) is 0 Å². The summed E-state index contributed by atoms with van der Waals surface area (Å²) in [5, 5.41) is 29.9. The lowest BCUT2D eigenvalue weighted by Crippen LogP contribution is -2.13. The summed E-state index contributed by atoms with van der Waals surface area (Å²) in [7, 11) is 0. The molecule has 0 radical (unpaired) electrons. The molecule has 0 unspecified atom stereocenters. The van der Waals surface area contributed by atoms with Crippen LogP contribution in [0.25, 0.3) is 0 Å². The van der Waals surface area contributed by atoms with Gasteiger partial charge in [0.05, 0.1) is 11.1 Å². The minimum atomic E-state index is -1.12. The van der Waals surface area contributed by atoms with Crippen molar-refractivity contribution in [1.82, 2.24) is 4.98 Å². The maximum absolute atomic E-state index is 11.9. The highest BCUT2D eigenvalue weighted by atomic mass is 16.4. The second-order valence-corrected chi connectivity index (χ2v) is 3.89. The number of phenolic OH excluding ortho intramolecular Hbond substituents is 2. The summed E-state index contributed by atoms with van der Waals surface area (Å²) >= 11 is 0. The Balaban J connectivity index is 2.19. The number of nitrogens with zero attached hydrogens (tertiary/aromatic N) is 1. The van der Waals surface area contributed by atoms with Gasteiger partial charge in [0.25, 0.3) is 5.91 Å². The predicted octanol–water partition coefficient (Wildman–Crippen LogP) is 1.44. The summed E-state index contributed by atoms with van der Waals surface area (Å²) in [5.74, 6) is -2.12. The van der Waals surface area contributed by atoms with E-state index in [0.717, 1.165) is 12.3 Å². The molecule has 2 rings (SSSR count). The summed E-state index contributed by atoms with van der Waals surface area (Å²) in [6.07, 6.45) is 1.10. The molecule has 0 saturated carbocycles. The third-order valence-electron chi connectivity index (χ3n) is 2.48. The van der Waals surface area contributed by atoms with Gasteiger partial charge in [0, 0.05) is 6.20 Å². The monoisotopic (exact) mass is 274 g/mol. The largest absolute Gasteiger partial charge is 0.508 e. The van der Waals surface area contributed by atoms with E-state index in [-0.39, 0.29) is 28.4 Å². The lowest BCUT2D eigenvalue weighted by molar-refractivity contribution is 0.0696. The third-order valence-corrected chi connectivity index (χ3v) is 2.48. The Labute approximate surface area is 113 Å². The first kappa shape index (κ1) is 13.3. The number of carbonyl (C=O) groups excluding carboxylic acids is 1. The van der Waals surface area contributed by atoms with Gasteiger partial charge in [0.1, 0.15) is 17.3 Å². The minimum absolute atomic E-state index is 0.0109. The maximum Gasteiger partial charge on any atom is 0.337 e. The van der Waals surface area contributed by atoms with Gasteiger partial charge in [-0.2, -0.15) is 0 Å². The maximum atomic E-state index is 11.9. The molecule has 0 aliphatic rings. The highest BCUT2D eigenvalue weighted by molar-refractivity contribution is 6.06. The molecule has 1 aromatic heterocycles. The van der Waals surface area contributed by atoms with E-state index in [0.29, 0.717) is 0 Å². The standard InChI is InChI=1S/C13H10N2O5/c16-8-2-3-10(17)9(5-8)12(18)15-11-4-1-7(6-14-11)13(19)20/h1-6,16-17H,(H,19,20)(H,14,15,18). The van der Waals surface area contributed by atoms with Crippen LogP contribution in [0.15, 0.2) is 36.5 Å². The van der Waals surface area contributed by atoms with Crippen molar-refractivity contribution in [3.63, 3.8) is 0 Å². The van der Waals surface area contributed by atoms with E-state index in [2.05, 4.69) is 10.3 Å². The number of carboxylic acid groups (broad SMARTS) is 1. The molecule has 0 atom stereocenters. The molecule has 102 valence electrons. The van der Waals surface area contributed by atoms with Crippen LogP contribution in [0.5, 0.6) is 11.5 Å². The van der Waals surface area contributed by atoms with Crippen molar-refractivity contribution in [3.05, 3.63) is 47.7 Å². The average molecular weight is 274 g/mol. The van der Waals surface area contributed by atoms with E-state index >= 15 is 0 Å². The van der Waals surface area contributed by atoms with Gasteiger partial charge in [-0.15, -0.1) is 0 Å². The lowest BCUT2D eigenvalue weighted by atomic mass is 10.1. The van der Waals surface area contributed by atoms with Crippen LogP contribution < -0.4 is 5.32 Å². The van der Waals surface area contributed by atoms with Gasteiger partial charge in [-0.05, 0) is 30.3 Å². The number of nitrogens with one attached hydrogen (secondary N) is 1. The molecule has 1 amide bonds. The minimum Gasteiger partial charge on any atom is -0.508 e. The molecule has 0 fully saturated rings. The molecule has 20 heavy (non-hydrogen) atoms. The molecule has 4 N–H and O–H groups in total. The molecule has 7 heteroatoms. The van der Waals surface area contributed by atoms with Crippen LogP contribution in [-0.4, -0.2) is 32.2 Å². The van der Waals surface area contributed by atoms with E-state index in [4.69, 9.17) is 5.11 Å². The molecule has 1 aromatic carbocycles. The van der Waals surface area contributed by atoms with Crippen molar-refractivity contribution in [2.24, 2.45) is 0 Å². The van der Waals surface area contributed by atoms with Crippen molar-refractivity contribution in [1.29, 1.82) is 0 Å². The van der Waals surface area contributed by atoms with Crippen LogP contribution in [0.1, 0.15) is 20.7 Å². The number of benzene rings is 1. The Bertz CT molecular complexity index is 667. The lowest BCUT2D eigenvalue weighted by Gasteiger charge is -2.06. The molecule has 7 nitrogen and oxygen atoms in total. The first-order valence-electron chi connectivity index (χ1n) is 5.50. The van der Waals surface area contributed by atoms with Crippen LogP contribution in [0.4, 0.5) is 5.82 Å². The fourth-order valence-electron chi connectivity index (χ4n) is 1.48. The van der Waals surface area contributed by atoms with Gasteiger partial charge in [-0.1, -0.05) is 0 Å². The number of carboxylic acids is 1. The van der Waals surface area contributed by atoms with Crippen LogP contribution in [0.2, 0.25) is 0 Å². The molecule has 2 aromatic rings. The smallest absolute Gasteiger partial charge is 0.337 e. The van der Waals surface area contributed by atoms with Crippen molar-refractivity contribution < 1.29 is 24.9 Å². The second kappa shape index (κ2) is 5.27. The van der Waals surface area contributed by atoms with Crippen LogP contribution in [-0.2, 0) is 0 Å². The molecule has 0 aliphatic carbocycles. The number of carbonyl (C=O) groups is 2.